The van der Waals surface area contributed by atoms with Crippen LogP contribution in [0.1, 0.15) is 0 Å². The van der Waals surface area contributed by atoms with Crippen molar-refractivity contribution in [2.45, 2.75) is 0 Å². The number of benzene rings is 3. The van der Waals surface area contributed by atoms with E-state index in [-0.39, 0.29) is 0 Å². The van der Waals surface area contributed by atoms with E-state index >= 15 is 0 Å². The SMILES string of the molecule is C1=CC=CP(c2ccccc2)(c2ccccc2)(c2ccccc2)C=CC=C1. The molecule has 3 aromatic carbocycles. The zero-order chi connectivity index (χ0) is 18.4. The van der Waals surface area contributed by atoms with E-state index in [1.165, 1.54) is 15.9 Å². The standard InChI is InChI=1S/C26H23P/c1-2-4-15-23-27(22-14-3-1,24-16-8-5-9-17-24,25-18-10-6-11-19-25)26-20-12-7-13-21-26/h1-23H. The van der Waals surface area contributed by atoms with Gasteiger partial charge in [-0.25, -0.2) is 0 Å². The quantitative estimate of drug-likeness (QED) is 0.524. The number of hydrogen-bond acceptors (Lipinski definition) is 0. The maximum atomic E-state index is 2.45. The normalized spacial score (nSPS) is 18.6. The van der Waals surface area contributed by atoms with Crippen LogP contribution in [0.15, 0.2) is 139 Å². The fraction of sp³-hybridized carbons (Fsp3) is 0. The van der Waals surface area contributed by atoms with Crippen LogP contribution in [0.3, 0.4) is 0 Å². The summed E-state index contributed by atoms with van der Waals surface area (Å²) in [6.07, 6.45) is 12.8. The second kappa shape index (κ2) is 7.35. The molecular weight excluding hydrogens is 343 g/mol. The topological polar surface area (TPSA) is 0 Å². The van der Waals surface area contributed by atoms with Crippen molar-refractivity contribution in [2.75, 3.05) is 0 Å². The summed E-state index contributed by atoms with van der Waals surface area (Å²) in [4.78, 5) is 0. The second-order valence-corrected chi connectivity index (χ2v) is 11.4. The Kier molecular flexibility index (Phi) is 4.75. The van der Waals surface area contributed by atoms with Gasteiger partial charge in [-0.2, -0.15) is 0 Å². The summed E-state index contributed by atoms with van der Waals surface area (Å²) in [6, 6.07) is 32.8. The van der Waals surface area contributed by atoms with Crippen molar-refractivity contribution in [1.82, 2.24) is 0 Å². The van der Waals surface area contributed by atoms with E-state index in [1.54, 1.807) is 0 Å². The zero-order valence-electron chi connectivity index (χ0n) is 15.2. The van der Waals surface area contributed by atoms with E-state index in [0.29, 0.717) is 0 Å². The molecule has 0 radical (unpaired) electrons. The van der Waals surface area contributed by atoms with Crippen molar-refractivity contribution >= 4 is 22.5 Å². The fourth-order valence-corrected chi connectivity index (χ4v) is 9.36. The van der Waals surface area contributed by atoms with E-state index in [9.17, 15) is 0 Å². The minimum absolute atomic E-state index is 1.34. The molecule has 0 aliphatic carbocycles. The Balaban J connectivity index is 2.23. The molecule has 27 heavy (non-hydrogen) atoms. The zero-order valence-corrected chi connectivity index (χ0v) is 16.1. The average molecular weight is 366 g/mol. The molecule has 3 aromatic rings. The number of hydrogen-bond donors (Lipinski definition) is 0. The van der Waals surface area contributed by atoms with Gasteiger partial charge in [0, 0.05) is 0 Å². The van der Waals surface area contributed by atoms with Gasteiger partial charge in [0.05, 0.1) is 0 Å². The monoisotopic (exact) mass is 366 g/mol. The Bertz CT molecular complexity index is 884. The van der Waals surface area contributed by atoms with Crippen molar-refractivity contribution < 1.29 is 0 Å². The van der Waals surface area contributed by atoms with Crippen LogP contribution >= 0.6 is 6.60 Å². The maximum absolute atomic E-state index is 2.95. The fourth-order valence-electron chi connectivity index (χ4n) is 3.97. The molecule has 0 nitrogen and oxygen atoms in total. The van der Waals surface area contributed by atoms with Gasteiger partial charge < -0.3 is 0 Å². The van der Waals surface area contributed by atoms with Gasteiger partial charge in [0.2, 0.25) is 0 Å². The van der Waals surface area contributed by atoms with Crippen LogP contribution in [0.25, 0.3) is 0 Å². The second-order valence-electron chi connectivity index (χ2n) is 6.72. The molecule has 0 fully saturated rings. The first-order valence-corrected chi connectivity index (χ1v) is 11.6. The Morgan fingerprint density at radius 2 is 0.630 bits per heavy atom. The summed E-state index contributed by atoms with van der Waals surface area (Å²) in [5.41, 5.74) is 0. The number of allylic oxidation sites excluding steroid dienone is 6. The van der Waals surface area contributed by atoms with E-state index in [0.717, 1.165) is 0 Å². The van der Waals surface area contributed by atoms with E-state index in [4.69, 9.17) is 0 Å². The van der Waals surface area contributed by atoms with Gasteiger partial charge in [0.1, 0.15) is 0 Å². The molecule has 1 aliphatic rings. The summed E-state index contributed by atoms with van der Waals surface area (Å²) in [7, 11) is 0. The first kappa shape index (κ1) is 17.5. The Morgan fingerprint density at radius 1 is 0.333 bits per heavy atom. The molecular formula is C26H23P. The van der Waals surface area contributed by atoms with E-state index in [2.05, 4.69) is 139 Å². The summed E-state index contributed by atoms with van der Waals surface area (Å²) in [5.74, 6) is 4.90. The van der Waals surface area contributed by atoms with Gasteiger partial charge >= 0.3 is 162 Å². The Hall–Kier alpha value is -2.95. The molecule has 0 atom stereocenters. The van der Waals surface area contributed by atoms with E-state index in [1.807, 2.05) is 0 Å². The molecule has 0 bridgehead atoms. The first-order valence-electron chi connectivity index (χ1n) is 9.25. The summed E-state index contributed by atoms with van der Waals surface area (Å²) < 4.78 is 0. The Morgan fingerprint density at radius 3 is 0.963 bits per heavy atom. The van der Waals surface area contributed by atoms with Crippen LogP contribution in [0.4, 0.5) is 0 Å². The molecule has 132 valence electrons. The number of rotatable bonds is 3. The van der Waals surface area contributed by atoms with Gasteiger partial charge in [-0.1, -0.05) is 0 Å². The molecule has 0 aromatic heterocycles. The minimum atomic E-state index is -2.95. The molecule has 1 aliphatic heterocycles. The van der Waals surface area contributed by atoms with Crippen molar-refractivity contribution in [3.8, 4) is 0 Å². The van der Waals surface area contributed by atoms with Crippen molar-refractivity contribution in [3.05, 3.63) is 139 Å². The van der Waals surface area contributed by atoms with Crippen LogP contribution < -0.4 is 15.9 Å². The molecule has 1 heterocycles. The van der Waals surface area contributed by atoms with Crippen LogP contribution in [0.5, 0.6) is 0 Å². The van der Waals surface area contributed by atoms with Crippen LogP contribution in [-0.2, 0) is 0 Å². The summed E-state index contributed by atoms with van der Waals surface area (Å²) >= 11 is 0. The molecule has 0 N–H and O–H groups in total. The van der Waals surface area contributed by atoms with Crippen LogP contribution in [0.2, 0.25) is 0 Å². The van der Waals surface area contributed by atoms with Crippen molar-refractivity contribution in [1.29, 1.82) is 0 Å². The van der Waals surface area contributed by atoms with Gasteiger partial charge in [-0.3, -0.25) is 0 Å². The van der Waals surface area contributed by atoms with Gasteiger partial charge in [0.25, 0.3) is 0 Å². The van der Waals surface area contributed by atoms with Gasteiger partial charge in [0.15, 0.2) is 0 Å². The third kappa shape index (κ3) is 2.83. The summed E-state index contributed by atoms with van der Waals surface area (Å²) in [5, 5.41) is 4.03. The predicted octanol–water partition coefficient (Wildman–Crippen LogP) is 5.67. The van der Waals surface area contributed by atoms with Gasteiger partial charge in [-0.15, -0.1) is 0 Å². The van der Waals surface area contributed by atoms with Crippen LogP contribution in [0, 0.1) is 0 Å². The summed E-state index contributed by atoms with van der Waals surface area (Å²) in [6.45, 7) is -2.95. The molecule has 0 saturated carbocycles. The van der Waals surface area contributed by atoms with Crippen LogP contribution in [-0.4, -0.2) is 0 Å². The molecule has 4 rings (SSSR count). The molecule has 0 unspecified atom stereocenters. The van der Waals surface area contributed by atoms with Gasteiger partial charge in [-0.05, 0) is 0 Å². The third-order valence-electron chi connectivity index (χ3n) is 5.28. The average Bonchev–Trinajstić information content (AvgIpc) is 2.88. The molecule has 1 heteroatoms. The predicted molar refractivity (Wildman–Crippen MR) is 122 cm³/mol. The molecule has 0 spiro atoms. The molecule has 0 amide bonds. The van der Waals surface area contributed by atoms with Crippen molar-refractivity contribution in [2.24, 2.45) is 0 Å². The Labute approximate surface area is 161 Å². The van der Waals surface area contributed by atoms with Crippen molar-refractivity contribution in [3.63, 3.8) is 0 Å². The molecule has 0 saturated heterocycles. The van der Waals surface area contributed by atoms with E-state index < -0.39 is 6.60 Å². The third-order valence-corrected chi connectivity index (χ3v) is 11.1. The first-order chi connectivity index (χ1) is 13.4.